The average Bonchev–Trinajstić information content (AvgIpc) is 1.86. The van der Waals surface area contributed by atoms with E-state index in [2.05, 4.69) is 54.9 Å². The summed E-state index contributed by atoms with van der Waals surface area (Å²) < 4.78 is 1.20. The van der Waals surface area contributed by atoms with Crippen molar-refractivity contribution in [3.05, 3.63) is 34.3 Å². The van der Waals surface area contributed by atoms with Crippen molar-refractivity contribution in [3.63, 3.8) is 0 Å². The van der Waals surface area contributed by atoms with Crippen molar-refractivity contribution < 1.29 is 0 Å². The SMILES string of the molecule is CC(C)(C)c1ccccc1Br.P. The van der Waals surface area contributed by atoms with E-state index in [0.717, 1.165) is 0 Å². The smallest absolute Gasteiger partial charge is 0.0212 e. The van der Waals surface area contributed by atoms with E-state index in [9.17, 15) is 0 Å². The van der Waals surface area contributed by atoms with Crippen LogP contribution < -0.4 is 0 Å². The predicted octanol–water partition coefficient (Wildman–Crippen LogP) is 3.80. The zero-order valence-electron chi connectivity index (χ0n) is 7.89. The van der Waals surface area contributed by atoms with Gasteiger partial charge in [0.05, 0.1) is 0 Å². The van der Waals surface area contributed by atoms with Crippen LogP contribution in [-0.2, 0) is 5.41 Å². The molecule has 1 atom stereocenters. The van der Waals surface area contributed by atoms with Crippen molar-refractivity contribution in [1.82, 2.24) is 0 Å². The zero-order chi connectivity index (χ0) is 8.48. The van der Waals surface area contributed by atoms with Gasteiger partial charge in [-0.3, -0.25) is 0 Å². The zero-order valence-corrected chi connectivity index (χ0v) is 10.9. The molecular weight excluding hydrogens is 231 g/mol. The first-order valence-electron chi connectivity index (χ1n) is 3.77. The van der Waals surface area contributed by atoms with Crippen LogP contribution >= 0.6 is 25.8 Å². The molecule has 0 aromatic heterocycles. The van der Waals surface area contributed by atoms with Crippen LogP contribution in [0.5, 0.6) is 0 Å². The summed E-state index contributed by atoms with van der Waals surface area (Å²) in [7, 11) is 0. The Bertz CT molecular complexity index is 250. The minimum absolute atomic E-state index is 0. The highest BCUT2D eigenvalue weighted by Crippen LogP contribution is 2.28. The number of rotatable bonds is 0. The van der Waals surface area contributed by atoms with Gasteiger partial charge in [0.2, 0.25) is 0 Å². The standard InChI is InChI=1S/C10H13Br.H3P/c1-10(2,3)8-6-4-5-7-9(8)11;/h4-7H,1-3H3;1H3. The summed E-state index contributed by atoms with van der Waals surface area (Å²) in [5.41, 5.74) is 1.60. The Morgan fingerprint density at radius 2 is 1.58 bits per heavy atom. The third-order valence-corrected chi connectivity index (χ3v) is 2.37. The van der Waals surface area contributed by atoms with Gasteiger partial charge < -0.3 is 0 Å². The van der Waals surface area contributed by atoms with Gasteiger partial charge in [-0.15, -0.1) is 0 Å². The molecule has 0 saturated carbocycles. The summed E-state index contributed by atoms with van der Waals surface area (Å²) in [6, 6.07) is 8.36. The molecule has 0 aliphatic carbocycles. The maximum Gasteiger partial charge on any atom is 0.0212 e. The lowest BCUT2D eigenvalue weighted by Gasteiger charge is -2.20. The third-order valence-electron chi connectivity index (χ3n) is 1.68. The molecule has 1 aromatic rings. The summed E-state index contributed by atoms with van der Waals surface area (Å²) >= 11 is 3.53. The van der Waals surface area contributed by atoms with Crippen LogP contribution in [0.4, 0.5) is 0 Å². The Morgan fingerprint density at radius 1 is 1.08 bits per heavy atom. The molecule has 1 rings (SSSR count). The fraction of sp³-hybridized carbons (Fsp3) is 0.400. The molecule has 1 aromatic carbocycles. The molecule has 0 amide bonds. The number of hydrogen-bond acceptors (Lipinski definition) is 0. The molecule has 0 saturated heterocycles. The van der Waals surface area contributed by atoms with E-state index in [1.807, 2.05) is 6.07 Å². The second-order valence-electron chi connectivity index (χ2n) is 3.73. The van der Waals surface area contributed by atoms with Gasteiger partial charge in [0.15, 0.2) is 0 Å². The van der Waals surface area contributed by atoms with Gasteiger partial charge in [-0.2, -0.15) is 9.90 Å². The van der Waals surface area contributed by atoms with Crippen molar-refractivity contribution in [2.75, 3.05) is 0 Å². The lowest BCUT2D eigenvalue weighted by Crippen LogP contribution is -2.11. The van der Waals surface area contributed by atoms with Crippen molar-refractivity contribution in [2.45, 2.75) is 26.2 Å². The van der Waals surface area contributed by atoms with Crippen LogP contribution in [0, 0.1) is 0 Å². The molecule has 0 heterocycles. The Balaban J connectivity index is 0.00000121. The fourth-order valence-electron chi connectivity index (χ4n) is 1.07. The molecule has 2 heteroatoms. The molecule has 0 aliphatic heterocycles. The highest BCUT2D eigenvalue weighted by molar-refractivity contribution is 9.10. The maximum atomic E-state index is 3.53. The molecular formula is C10H16BrP. The molecule has 68 valence electrons. The Labute approximate surface area is 86.5 Å². The van der Waals surface area contributed by atoms with Crippen molar-refractivity contribution in [1.29, 1.82) is 0 Å². The Kier molecular flexibility index (Phi) is 4.44. The van der Waals surface area contributed by atoms with Crippen LogP contribution in [0.1, 0.15) is 26.3 Å². The van der Waals surface area contributed by atoms with Gasteiger partial charge in [-0.1, -0.05) is 54.9 Å². The first-order valence-corrected chi connectivity index (χ1v) is 4.56. The number of benzene rings is 1. The first-order chi connectivity index (χ1) is 5.02. The third kappa shape index (κ3) is 2.88. The minimum atomic E-state index is 0. The largest absolute Gasteiger partial charge is 0.153 e. The van der Waals surface area contributed by atoms with E-state index in [4.69, 9.17) is 0 Å². The highest BCUT2D eigenvalue weighted by Gasteiger charge is 2.15. The Hall–Kier alpha value is 0.130. The van der Waals surface area contributed by atoms with Crippen LogP contribution in [0.15, 0.2) is 28.7 Å². The molecule has 0 nitrogen and oxygen atoms in total. The maximum absolute atomic E-state index is 3.53. The van der Waals surface area contributed by atoms with Crippen LogP contribution in [0.25, 0.3) is 0 Å². The Morgan fingerprint density at radius 3 is 1.92 bits per heavy atom. The highest BCUT2D eigenvalue weighted by atomic mass is 79.9. The number of halogens is 1. The first kappa shape index (κ1) is 12.1. The van der Waals surface area contributed by atoms with E-state index in [-0.39, 0.29) is 15.3 Å². The van der Waals surface area contributed by atoms with Gasteiger partial charge >= 0.3 is 0 Å². The summed E-state index contributed by atoms with van der Waals surface area (Å²) in [6.07, 6.45) is 0. The lowest BCUT2D eigenvalue weighted by molar-refractivity contribution is 0.587. The van der Waals surface area contributed by atoms with Crippen LogP contribution in [0.2, 0.25) is 0 Å². The fourth-order valence-corrected chi connectivity index (χ4v) is 1.95. The topological polar surface area (TPSA) is 0 Å². The normalized spacial score (nSPS) is 10.7. The minimum Gasteiger partial charge on any atom is -0.153 e. The van der Waals surface area contributed by atoms with Crippen molar-refractivity contribution in [2.24, 2.45) is 0 Å². The molecule has 12 heavy (non-hydrogen) atoms. The second kappa shape index (κ2) is 4.39. The van der Waals surface area contributed by atoms with Gasteiger partial charge in [-0.25, -0.2) is 0 Å². The summed E-state index contributed by atoms with van der Waals surface area (Å²) in [5, 5.41) is 0. The lowest BCUT2D eigenvalue weighted by atomic mass is 9.87. The van der Waals surface area contributed by atoms with Crippen LogP contribution in [0.3, 0.4) is 0 Å². The van der Waals surface area contributed by atoms with Gasteiger partial charge in [-0.05, 0) is 17.0 Å². The van der Waals surface area contributed by atoms with Gasteiger partial charge in [0.1, 0.15) is 0 Å². The molecule has 0 N–H and O–H groups in total. The molecule has 0 bridgehead atoms. The van der Waals surface area contributed by atoms with Crippen molar-refractivity contribution >= 4 is 25.8 Å². The summed E-state index contributed by atoms with van der Waals surface area (Å²) in [6.45, 7) is 6.65. The number of hydrogen-bond donors (Lipinski definition) is 0. The summed E-state index contributed by atoms with van der Waals surface area (Å²) in [4.78, 5) is 0. The van der Waals surface area contributed by atoms with E-state index in [1.165, 1.54) is 10.0 Å². The average molecular weight is 247 g/mol. The second-order valence-corrected chi connectivity index (χ2v) is 4.58. The molecule has 1 unspecified atom stereocenters. The predicted molar refractivity (Wildman–Crippen MR) is 63.9 cm³/mol. The molecule has 0 radical (unpaired) electrons. The molecule has 0 spiro atoms. The summed E-state index contributed by atoms with van der Waals surface area (Å²) in [5.74, 6) is 0. The molecule has 0 aliphatic rings. The van der Waals surface area contributed by atoms with Gasteiger partial charge in [0, 0.05) is 4.47 Å². The van der Waals surface area contributed by atoms with E-state index in [1.54, 1.807) is 0 Å². The van der Waals surface area contributed by atoms with Gasteiger partial charge in [0.25, 0.3) is 0 Å². The monoisotopic (exact) mass is 246 g/mol. The van der Waals surface area contributed by atoms with Crippen molar-refractivity contribution in [3.8, 4) is 0 Å². The quantitative estimate of drug-likeness (QED) is 0.611. The van der Waals surface area contributed by atoms with Crippen LogP contribution in [-0.4, -0.2) is 0 Å². The van der Waals surface area contributed by atoms with E-state index < -0.39 is 0 Å². The van der Waals surface area contributed by atoms with E-state index in [0.29, 0.717) is 0 Å². The van der Waals surface area contributed by atoms with E-state index >= 15 is 0 Å². The molecule has 0 fully saturated rings.